The Morgan fingerprint density at radius 2 is 2.03 bits per heavy atom. The van der Waals surface area contributed by atoms with E-state index in [1.807, 2.05) is 49.4 Å². The molecule has 0 amide bonds. The molecule has 0 bridgehead atoms. The van der Waals surface area contributed by atoms with Gasteiger partial charge in [-0.25, -0.2) is 4.98 Å². The number of ether oxygens (including phenoxy) is 1. The van der Waals surface area contributed by atoms with Crippen molar-refractivity contribution in [2.24, 2.45) is 11.8 Å². The van der Waals surface area contributed by atoms with Crippen LogP contribution in [0.5, 0.6) is 11.6 Å². The summed E-state index contributed by atoms with van der Waals surface area (Å²) in [7, 11) is 0. The minimum absolute atomic E-state index is 0.0865. The lowest BCUT2D eigenvalue weighted by Crippen LogP contribution is -2.26. The Morgan fingerprint density at radius 3 is 2.71 bits per heavy atom. The molecule has 5 nitrogen and oxygen atoms in total. The molecule has 2 heterocycles. The number of nitrogens with zero attached hydrogens (tertiary/aromatic N) is 3. The number of halogens is 1. The zero-order chi connectivity index (χ0) is 21.8. The summed E-state index contributed by atoms with van der Waals surface area (Å²) in [6.45, 7) is 3.61. The van der Waals surface area contributed by atoms with Gasteiger partial charge in [0.2, 0.25) is 5.88 Å². The quantitative estimate of drug-likeness (QED) is 0.465. The highest BCUT2D eigenvalue weighted by atomic mass is 35.5. The topological polar surface area (TPSA) is 66.2 Å². The van der Waals surface area contributed by atoms with Crippen LogP contribution in [0.15, 0.2) is 66.9 Å². The number of pyridine rings is 1. The Labute approximate surface area is 186 Å². The Morgan fingerprint density at radius 1 is 1.23 bits per heavy atom. The molecule has 4 rings (SSSR count). The molecule has 0 radical (unpaired) electrons. The van der Waals surface area contributed by atoms with Gasteiger partial charge in [-0.15, -0.1) is 0 Å². The van der Waals surface area contributed by atoms with Crippen LogP contribution in [0.1, 0.15) is 29.3 Å². The molecular weight excluding hydrogens is 410 g/mol. The summed E-state index contributed by atoms with van der Waals surface area (Å²) in [4.78, 5) is 19.5. The van der Waals surface area contributed by atoms with E-state index in [4.69, 9.17) is 21.6 Å². The maximum Gasteiger partial charge on any atom is 0.219 e. The maximum atomic E-state index is 13.0. The van der Waals surface area contributed by atoms with Crippen LogP contribution in [-0.2, 0) is 0 Å². The number of hydrogen-bond acceptors (Lipinski definition) is 5. The normalized spacial score (nSPS) is 16.5. The molecule has 2 atom stereocenters. The first-order chi connectivity index (χ1) is 15.0. The number of para-hydroxylation sites is 1. The van der Waals surface area contributed by atoms with Crippen LogP contribution >= 0.6 is 11.6 Å². The molecule has 0 aliphatic carbocycles. The minimum Gasteiger partial charge on any atom is -0.439 e. The van der Waals surface area contributed by atoms with Crippen LogP contribution < -0.4 is 9.64 Å². The average Bonchev–Trinajstić information content (AvgIpc) is 3.29. The molecular formula is C25H22ClN3O2. The zero-order valence-electron chi connectivity index (χ0n) is 17.2. The number of ketones is 1. The van der Waals surface area contributed by atoms with Crippen molar-refractivity contribution in [3.05, 3.63) is 83.0 Å². The summed E-state index contributed by atoms with van der Waals surface area (Å²) in [5, 5.41) is 9.51. The lowest BCUT2D eigenvalue weighted by molar-refractivity contribution is 0.0893. The zero-order valence-corrected chi connectivity index (χ0v) is 17.9. The molecule has 0 N–H and O–H groups in total. The van der Waals surface area contributed by atoms with Crippen LogP contribution in [0.4, 0.5) is 5.69 Å². The van der Waals surface area contributed by atoms with Crippen molar-refractivity contribution in [1.82, 2.24) is 4.98 Å². The van der Waals surface area contributed by atoms with Crippen molar-refractivity contribution in [2.75, 3.05) is 18.0 Å². The highest BCUT2D eigenvalue weighted by molar-refractivity contribution is 6.32. The molecule has 1 fully saturated rings. The van der Waals surface area contributed by atoms with Crippen molar-refractivity contribution in [3.63, 3.8) is 0 Å². The molecule has 3 aromatic rings. The maximum absolute atomic E-state index is 13.0. The van der Waals surface area contributed by atoms with Crippen LogP contribution in [0.2, 0.25) is 5.02 Å². The summed E-state index contributed by atoms with van der Waals surface area (Å²) >= 11 is 6.18. The fraction of sp³-hybridized carbons (Fsp3) is 0.240. The number of Topliss-reactive ketones (excluding diaryl/α,β-unsaturated/α-hetero) is 1. The number of anilines is 1. The molecule has 1 aliphatic rings. The number of carbonyl (C=O) groups is 1. The predicted octanol–water partition coefficient (Wildman–Crippen LogP) is 5.74. The number of aromatic nitrogens is 1. The van der Waals surface area contributed by atoms with Crippen LogP contribution in [0, 0.1) is 23.2 Å². The number of hydrogen-bond donors (Lipinski definition) is 0. The van der Waals surface area contributed by atoms with E-state index in [-0.39, 0.29) is 17.6 Å². The largest absolute Gasteiger partial charge is 0.439 e. The van der Waals surface area contributed by atoms with Gasteiger partial charge in [-0.1, -0.05) is 36.7 Å². The molecule has 31 heavy (non-hydrogen) atoms. The fourth-order valence-electron chi connectivity index (χ4n) is 3.89. The van der Waals surface area contributed by atoms with E-state index in [0.29, 0.717) is 27.8 Å². The first kappa shape index (κ1) is 20.9. The van der Waals surface area contributed by atoms with Crippen LogP contribution in [-0.4, -0.2) is 23.9 Å². The second-order valence-electron chi connectivity index (χ2n) is 7.72. The van der Waals surface area contributed by atoms with Gasteiger partial charge < -0.3 is 9.64 Å². The summed E-state index contributed by atoms with van der Waals surface area (Å²) in [6, 6.07) is 20.5. The Hall–Kier alpha value is -3.36. The van der Waals surface area contributed by atoms with E-state index < -0.39 is 0 Å². The molecule has 2 aromatic carbocycles. The molecule has 0 spiro atoms. The van der Waals surface area contributed by atoms with Gasteiger partial charge in [-0.2, -0.15) is 5.26 Å². The molecule has 2 unspecified atom stereocenters. The van der Waals surface area contributed by atoms with Crippen LogP contribution in [0.25, 0.3) is 0 Å². The third-order valence-corrected chi connectivity index (χ3v) is 6.08. The molecule has 1 aromatic heterocycles. The Bertz CT molecular complexity index is 1110. The van der Waals surface area contributed by atoms with E-state index in [9.17, 15) is 4.79 Å². The van der Waals surface area contributed by atoms with Gasteiger partial charge >= 0.3 is 0 Å². The highest BCUT2D eigenvalue weighted by Crippen LogP contribution is 2.32. The second-order valence-corrected chi connectivity index (χ2v) is 8.13. The smallest absolute Gasteiger partial charge is 0.219 e. The van der Waals surface area contributed by atoms with Gasteiger partial charge in [0.15, 0.2) is 5.78 Å². The van der Waals surface area contributed by atoms with Crippen LogP contribution in [0.3, 0.4) is 0 Å². The summed E-state index contributed by atoms with van der Waals surface area (Å²) in [6.07, 6.45) is 2.51. The number of carbonyl (C=O) groups excluding carboxylic acids is 1. The molecule has 0 saturated carbocycles. The number of nitriles is 1. The summed E-state index contributed by atoms with van der Waals surface area (Å²) < 4.78 is 5.70. The molecule has 1 aliphatic heterocycles. The van der Waals surface area contributed by atoms with Gasteiger partial charge in [0.1, 0.15) is 11.8 Å². The van der Waals surface area contributed by atoms with Gasteiger partial charge in [-0.3, -0.25) is 4.79 Å². The second kappa shape index (κ2) is 9.20. The Balaban J connectivity index is 1.39. The lowest BCUT2D eigenvalue weighted by Gasteiger charge is -2.21. The number of rotatable bonds is 6. The Kier molecular flexibility index (Phi) is 6.20. The first-order valence-electron chi connectivity index (χ1n) is 10.2. The van der Waals surface area contributed by atoms with E-state index in [2.05, 4.69) is 16.0 Å². The summed E-state index contributed by atoms with van der Waals surface area (Å²) in [5.41, 5.74) is 2.04. The molecule has 156 valence electrons. The first-order valence-corrected chi connectivity index (χ1v) is 10.6. The van der Waals surface area contributed by atoms with Crippen molar-refractivity contribution in [3.8, 4) is 17.7 Å². The van der Waals surface area contributed by atoms with Crippen molar-refractivity contribution >= 4 is 23.1 Å². The van der Waals surface area contributed by atoms with Gasteiger partial charge in [0, 0.05) is 42.5 Å². The van der Waals surface area contributed by atoms with Crippen molar-refractivity contribution in [2.45, 2.75) is 13.3 Å². The predicted molar refractivity (Wildman–Crippen MR) is 121 cm³/mol. The SMILES string of the molecule is CC(C(=O)c1ccc(Oc2ccccc2)nc1)C1CCN(c2ccc(C#N)c(Cl)c2)C1. The van der Waals surface area contributed by atoms with Crippen molar-refractivity contribution in [1.29, 1.82) is 5.26 Å². The lowest BCUT2D eigenvalue weighted by atomic mass is 9.87. The number of benzene rings is 2. The monoisotopic (exact) mass is 431 g/mol. The molecule has 6 heteroatoms. The standard InChI is InChI=1S/C25H22ClN3O2/c1-17(20-11-12-29(16-20)21-9-7-18(14-27)23(26)13-21)25(30)19-8-10-24(28-15-19)31-22-5-3-2-4-6-22/h2-10,13,15,17,20H,11-12,16H2,1H3. The van der Waals surface area contributed by atoms with Gasteiger partial charge in [0.25, 0.3) is 0 Å². The third kappa shape index (κ3) is 4.70. The average molecular weight is 432 g/mol. The third-order valence-electron chi connectivity index (χ3n) is 5.77. The van der Waals surface area contributed by atoms with E-state index in [1.165, 1.54) is 0 Å². The minimum atomic E-state index is -0.124. The van der Waals surface area contributed by atoms with E-state index in [1.54, 1.807) is 24.4 Å². The molecule has 1 saturated heterocycles. The van der Waals surface area contributed by atoms with E-state index >= 15 is 0 Å². The fourth-order valence-corrected chi connectivity index (χ4v) is 4.11. The summed E-state index contributed by atoms with van der Waals surface area (Å²) in [5.74, 6) is 1.36. The van der Waals surface area contributed by atoms with Crippen molar-refractivity contribution < 1.29 is 9.53 Å². The van der Waals surface area contributed by atoms with E-state index in [0.717, 1.165) is 25.2 Å². The van der Waals surface area contributed by atoms with Gasteiger partial charge in [0.05, 0.1) is 10.6 Å². The van der Waals surface area contributed by atoms with Gasteiger partial charge in [-0.05, 0) is 48.7 Å². The highest BCUT2D eigenvalue weighted by Gasteiger charge is 2.31.